The van der Waals surface area contributed by atoms with Crippen molar-refractivity contribution < 1.29 is 9.90 Å². The largest absolute Gasteiger partial charge is 0.481 e. The third-order valence-electron chi connectivity index (χ3n) is 2.31. The second-order valence-electron chi connectivity index (χ2n) is 4.44. The SMILES string of the molecule is CC(C)(CCc1ccc(Cl)s1)CC(=O)O. The number of aliphatic carboxylic acids is 1. The number of halogens is 1. The predicted molar refractivity (Wildman–Crippen MR) is 63.7 cm³/mol. The molecular weight excluding hydrogens is 232 g/mol. The number of carboxylic acid groups (broad SMARTS) is 1. The first kappa shape index (κ1) is 12.5. The van der Waals surface area contributed by atoms with Crippen molar-refractivity contribution in [2.24, 2.45) is 5.41 Å². The first-order valence-electron chi connectivity index (χ1n) is 4.85. The van der Waals surface area contributed by atoms with Crippen LogP contribution in [0.5, 0.6) is 0 Å². The fraction of sp³-hybridized carbons (Fsp3) is 0.545. The Morgan fingerprint density at radius 2 is 2.20 bits per heavy atom. The van der Waals surface area contributed by atoms with E-state index in [0.29, 0.717) is 0 Å². The van der Waals surface area contributed by atoms with Crippen molar-refractivity contribution in [3.05, 3.63) is 21.3 Å². The Balaban J connectivity index is 2.45. The van der Waals surface area contributed by atoms with Crippen LogP contribution in [0.4, 0.5) is 0 Å². The summed E-state index contributed by atoms with van der Waals surface area (Å²) in [5.41, 5.74) is -0.150. The summed E-state index contributed by atoms with van der Waals surface area (Å²) in [4.78, 5) is 11.8. The van der Waals surface area contributed by atoms with Crippen molar-refractivity contribution in [2.75, 3.05) is 0 Å². The number of hydrogen-bond donors (Lipinski definition) is 1. The standard InChI is InChI=1S/C11H15ClO2S/c1-11(2,7-10(13)14)6-5-8-3-4-9(12)15-8/h3-4H,5-7H2,1-2H3,(H,13,14). The summed E-state index contributed by atoms with van der Waals surface area (Å²) in [6, 6.07) is 3.88. The van der Waals surface area contributed by atoms with Crippen molar-refractivity contribution >= 4 is 28.9 Å². The molecule has 0 aliphatic carbocycles. The molecule has 0 radical (unpaired) electrons. The first-order valence-corrected chi connectivity index (χ1v) is 6.04. The van der Waals surface area contributed by atoms with Crippen LogP contribution in [-0.4, -0.2) is 11.1 Å². The highest BCUT2D eigenvalue weighted by molar-refractivity contribution is 7.16. The molecule has 0 aliphatic rings. The molecule has 4 heteroatoms. The zero-order chi connectivity index (χ0) is 11.5. The van der Waals surface area contributed by atoms with E-state index in [0.717, 1.165) is 17.2 Å². The molecule has 1 aromatic heterocycles. The molecule has 0 amide bonds. The Kier molecular flexibility index (Phi) is 4.17. The minimum atomic E-state index is -0.732. The van der Waals surface area contributed by atoms with E-state index >= 15 is 0 Å². The summed E-state index contributed by atoms with van der Waals surface area (Å²) in [6.45, 7) is 3.96. The molecule has 84 valence electrons. The van der Waals surface area contributed by atoms with Crippen LogP contribution in [0.25, 0.3) is 0 Å². The van der Waals surface area contributed by atoms with Gasteiger partial charge < -0.3 is 5.11 Å². The van der Waals surface area contributed by atoms with E-state index < -0.39 is 5.97 Å². The molecule has 0 saturated heterocycles. The fourth-order valence-corrected chi connectivity index (χ4v) is 2.53. The van der Waals surface area contributed by atoms with Gasteiger partial charge in [-0.3, -0.25) is 4.79 Å². The van der Waals surface area contributed by atoms with Gasteiger partial charge >= 0.3 is 5.97 Å². The quantitative estimate of drug-likeness (QED) is 0.857. The maximum absolute atomic E-state index is 10.6. The molecule has 0 saturated carbocycles. The van der Waals surface area contributed by atoms with Gasteiger partial charge in [-0.2, -0.15) is 0 Å². The number of rotatable bonds is 5. The Labute approximate surface area is 98.9 Å². The number of hydrogen-bond acceptors (Lipinski definition) is 2. The number of carboxylic acids is 1. The average molecular weight is 247 g/mol. The van der Waals surface area contributed by atoms with Gasteiger partial charge in [-0.15, -0.1) is 11.3 Å². The van der Waals surface area contributed by atoms with E-state index in [2.05, 4.69) is 0 Å². The monoisotopic (exact) mass is 246 g/mol. The van der Waals surface area contributed by atoms with Gasteiger partial charge in [-0.1, -0.05) is 25.4 Å². The van der Waals surface area contributed by atoms with E-state index in [1.54, 1.807) is 11.3 Å². The van der Waals surface area contributed by atoms with Crippen molar-refractivity contribution in [1.29, 1.82) is 0 Å². The molecule has 0 spiro atoms. The number of thiophene rings is 1. The fourth-order valence-electron chi connectivity index (χ4n) is 1.45. The molecule has 0 atom stereocenters. The Bertz CT molecular complexity index is 344. The van der Waals surface area contributed by atoms with Gasteiger partial charge in [-0.05, 0) is 30.4 Å². The molecule has 0 unspecified atom stereocenters. The lowest BCUT2D eigenvalue weighted by molar-refractivity contribution is -0.139. The highest BCUT2D eigenvalue weighted by Crippen LogP contribution is 2.30. The Hall–Kier alpha value is -0.540. The zero-order valence-corrected chi connectivity index (χ0v) is 10.5. The summed E-state index contributed by atoms with van der Waals surface area (Å²) >= 11 is 7.38. The highest BCUT2D eigenvalue weighted by atomic mass is 35.5. The molecule has 0 aliphatic heterocycles. The van der Waals surface area contributed by atoms with Crippen LogP contribution in [0.1, 0.15) is 31.6 Å². The molecule has 0 fully saturated rings. The van der Waals surface area contributed by atoms with Gasteiger partial charge in [-0.25, -0.2) is 0 Å². The lowest BCUT2D eigenvalue weighted by atomic mass is 9.84. The molecule has 0 aromatic carbocycles. The van der Waals surface area contributed by atoms with Crippen LogP contribution in [0.15, 0.2) is 12.1 Å². The number of carbonyl (C=O) groups is 1. The maximum Gasteiger partial charge on any atom is 0.303 e. The third kappa shape index (κ3) is 4.67. The van der Waals surface area contributed by atoms with Gasteiger partial charge in [0.15, 0.2) is 0 Å². The van der Waals surface area contributed by atoms with Crippen LogP contribution in [-0.2, 0) is 11.2 Å². The Morgan fingerprint density at radius 1 is 1.53 bits per heavy atom. The minimum absolute atomic E-state index is 0.150. The van der Waals surface area contributed by atoms with Gasteiger partial charge in [0.05, 0.1) is 10.8 Å². The molecule has 1 aromatic rings. The summed E-state index contributed by atoms with van der Waals surface area (Å²) in [5, 5.41) is 8.73. The van der Waals surface area contributed by atoms with E-state index in [1.165, 1.54) is 4.88 Å². The van der Waals surface area contributed by atoms with Gasteiger partial charge in [0.1, 0.15) is 0 Å². The summed E-state index contributed by atoms with van der Waals surface area (Å²) in [5.74, 6) is -0.732. The molecule has 1 rings (SSSR count). The summed E-state index contributed by atoms with van der Waals surface area (Å²) in [6.07, 6.45) is 1.99. The summed E-state index contributed by atoms with van der Waals surface area (Å²) in [7, 11) is 0. The third-order valence-corrected chi connectivity index (χ3v) is 3.60. The van der Waals surface area contributed by atoms with Gasteiger partial charge in [0, 0.05) is 4.88 Å². The molecule has 15 heavy (non-hydrogen) atoms. The van der Waals surface area contributed by atoms with Crippen LogP contribution in [0, 0.1) is 5.41 Å². The molecule has 0 bridgehead atoms. The van der Waals surface area contributed by atoms with E-state index in [-0.39, 0.29) is 11.8 Å². The summed E-state index contributed by atoms with van der Waals surface area (Å²) < 4.78 is 0.793. The Morgan fingerprint density at radius 3 is 2.67 bits per heavy atom. The van der Waals surface area contributed by atoms with Gasteiger partial charge in [0.25, 0.3) is 0 Å². The topological polar surface area (TPSA) is 37.3 Å². The van der Waals surface area contributed by atoms with E-state index in [9.17, 15) is 4.79 Å². The lowest BCUT2D eigenvalue weighted by Crippen LogP contribution is -2.17. The smallest absolute Gasteiger partial charge is 0.303 e. The van der Waals surface area contributed by atoms with Crippen molar-refractivity contribution in [3.8, 4) is 0 Å². The van der Waals surface area contributed by atoms with Crippen molar-refractivity contribution in [3.63, 3.8) is 0 Å². The normalized spacial score (nSPS) is 11.7. The highest BCUT2D eigenvalue weighted by Gasteiger charge is 2.21. The maximum atomic E-state index is 10.6. The van der Waals surface area contributed by atoms with E-state index in [4.69, 9.17) is 16.7 Å². The second-order valence-corrected chi connectivity index (χ2v) is 6.24. The molecule has 1 heterocycles. The molecular formula is C11H15ClO2S. The molecule has 2 nitrogen and oxygen atoms in total. The average Bonchev–Trinajstić information content (AvgIpc) is 2.46. The van der Waals surface area contributed by atoms with Gasteiger partial charge in [0.2, 0.25) is 0 Å². The van der Waals surface area contributed by atoms with Crippen molar-refractivity contribution in [1.82, 2.24) is 0 Å². The minimum Gasteiger partial charge on any atom is -0.481 e. The predicted octanol–water partition coefficient (Wildman–Crippen LogP) is 3.84. The first-order chi connectivity index (χ1) is 6.89. The van der Waals surface area contributed by atoms with Crippen LogP contribution in [0.3, 0.4) is 0 Å². The van der Waals surface area contributed by atoms with Crippen molar-refractivity contribution in [2.45, 2.75) is 33.1 Å². The van der Waals surface area contributed by atoms with Crippen LogP contribution >= 0.6 is 22.9 Å². The lowest BCUT2D eigenvalue weighted by Gasteiger charge is -2.21. The second kappa shape index (κ2) is 4.99. The zero-order valence-electron chi connectivity index (χ0n) is 8.92. The van der Waals surface area contributed by atoms with Crippen LogP contribution < -0.4 is 0 Å². The molecule has 1 N–H and O–H groups in total. The van der Waals surface area contributed by atoms with Crippen LogP contribution in [0.2, 0.25) is 4.34 Å². The van der Waals surface area contributed by atoms with E-state index in [1.807, 2.05) is 26.0 Å². The number of aryl methyl sites for hydroxylation is 1.